The highest BCUT2D eigenvalue weighted by Gasteiger charge is 2.15. The Morgan fingerprint density at radius 3 is 2.43 bits per heavy atom. The van der Waals surface area contributed by atoms with Crippen LogP contribution in [0, 0.1) is 6.92 Å². The van der Waals surface area contributed by atoms with Crippen molar-refractivity contribution in [2.24, 2.45) is 0 Å². The maximum Gasteiger partial charge on any atom is 0.337 e. The fraction of sp³-hybridized carbons (Fsp3) is 0.130. The van der Waals surface area contributed by atoms with E-state index in [1.54, 1.807) is 13.0 Å². The van der Waals surface area contributed by atoms with Gasteiger partial charge in [0.1, 0.15) is 5.75 Å². The van der Waals surface area contributed by atoms with Gasteiger partial charge in [0.25, 0.3) is 0 Å². The van der Waals surface area contributed by atoms with Crippen LogP contribution in [0.5, 0.6) is 5.75 Å². The predicted molar refractivity (Wildman–Crippen MR) is 111 cm³/mol. The van der Waals surface area contributed by atoms with Crippen LogP contribution in [0.2, 0.25) is 0 Å². The van der Waals surface area contributed by atoms with Crippen molar-refractivity contribution in [1.82, 2.24) is 0 Å². The van der Waals surface area contributed by atoms with Crippen LogP contribution in [0.15, 0.2) is 60.7 Å². The second kappa shape index (κ2) is 7.96. The van der Waals surface area contributed by atoms with E-state index in [1.807, 2.05) is 49.4 Å². The number of aryl methyl sites for hydroxylation is 1. The van der Waals surface area contributed by atoms with Crippen molar-refractivity contribution in [2.75, 3.05) is 12.4 Å². The van der Waals surface area contributed by atoms with Gasteiger partial charge in [-0.15, -0.1) is 0 Å². The average Bonchev–Trinajstić information content (AvgIpc) is 2.67. The Bertz CT molecular complexity index is 1100. The number of hydrogen-bond acceptors (Lipinski definition) is 3. The zero-order valence-corrected chi connectivity index (χ0v) is 15.9. The number of aromatic carboxylic acids is 1. The second-order valence-electron chi connectivity index (χ2n) is 6.55. The Morgan fingerprint density at radius 2 is 1.75 bits per heavy atom. The van der Waals surface area contributed by atoms with Gasteiger partial charge in [-0.3, -0.25) is 4.79 Å². The van der Waals surface area contributed by atoms with Crippen LogP contribution < -0.4 is 10.1 Å². The van der Waals surface area contributed by atoms with E-state index in [-0.39, 0.29) is 11.3 Å². The van der Waals surface area contributed by atoms with Gasteiger partial charge in [0, 0.05) is 6.08 Å². The number of methoxy groups -OCH3 is 1. The minimum atomic E-state index is -1.14. The van der Waals surface area contributed by atoms with Crippen LogP contribution in [0.25, 0.3) is 16.3 Å². The fourth-order valence-electron chi connectivity index (χ4n) is 3.07. The van der Waals surface area contributed by atoms with E-state index in [4.69, 9.17) is 4.74 Å². The molecule has 0 aliphatic carbocycles. The van der Waals surface area contributed by atoms with E-state index in [9.17, 15) is 14.7 Å². The van der Waals surface area contributed by atoms with Crippen LogP contribution in [0.3, 0.4) is 0 Å². The Morgan fingerprint density at radius 1 is 1.04 bits per heavy atom. The molecule has 0 saturated heterocycles. The summed E-state index contributed by atoms with van der Waals surface area (Å²) < 4.78 is 5.17. The first-order chi connectivity index (χ1) is 13.4. The molecule has 3 aromatic carbocycles. The van der Waals surface area contributed by atoms with Gasteiger partial charge in [0.15, 0.2) is 0 Å². The van der Waals surface area contributed by atoms with Crippen LogP contribution >= 0.6 is 0 Å². The molecule has 2 N–H and O–H groups in total. The van der Waals surface area contributed by atoms with Crippen molar-refractivity contribution in [3.8, 4) is 5.75 Å². The van der Waals surface area contributed by atoms with E-state index in [0.717, 1.165) is 27.5 Å². The van der Waals surface area contributed by atoms with Crippen molar-refractivity contribution in [3.63, 3.8) is 0 Å². The Balaban J connectivity index is 1.88. The van der Waals surface area contributed by atoms with Gasteiger partial charge in [-0.25, -0.2) is 4.79 Å². The first-order valence-corrected chi connectivity index (χ1v) is 8.79. The summed E-state index contributed by atoms with van der Waals surface area (Å²) in [6.07, 6.45) is 1.47. The minimum Gasteiger partial charge on any atom is -0.496 e. The first-order valence-electron chi connectivity index (χ1n) is 8.79. The molecule has 0 aliphatic rings. The lowest BCUT2D eigenvalue weighted by Gasteiger charge is -2.12. The van der Waals surface area contributed by atoms with Crippen LogP contribution in [-0.2, 0) is 4.79 Å². The number of carboxylic acid groups (broad SMARTS) is 1. The summed E-state index contributed by atoms with van der Waals surface area (Å²) >= 11 is 0. The van der Waals surface area contributed by atoms with E-state index < -0.39 is 11.9 Å². The Hall–Kier alpha value is -3.60. The molecule has 3 aromatic rings. The summed E-state index contributed by atoms with van der Waals surface area (Å²) in [5, 5.41) is 14.3. The van der Waals surface area contributed by atoms with Gasteiger partial charge in [0.05, 0.1) is 18.4 Å². The molecule has 28 heavy (non-hydrogen) atoms. The molecule has 0 unspecified atom stereocenters. The van der Waals surface area contributed by atoms with E-state index >= 15 is 0 Å². The maximum absolute atomic E-state index is 12.5. The smallest absolute Gasteiger partial charge is 0.337 e. The fourth-order valence-corrected chi connectivity index (χ4v) is 3.07. The molecule has 0 aromatic heterocycles. The third kappa shape index (κ3) is 4.04. The van der Waals surface area contributed by atoms with Crippen molar-refractivity contribution >= 4 is 33.9 Å². The number of fused-ring (bicyclic) bond motifs is 1. The zero-order valence-electron chi connectivity index (χ0n) is 15.9. The van der Waals surface area contributed by atoms with E-state index in [1.165, 1.54) is 19.3 Å². The van der Waals surface area contributed by atoms with Crippen molar-refractivity contribution in [2.45, 2.75) is 13.8 Å². The normalized spacial score (nSPS) is 11.3. The number of allylic oxidation sites excluding steroid dienone is 1. The highest BCUT2D eigenvalue weighted by molar-refractivity contribution is 6.07. The van der Waals surface area contributed by atoms with Gasteiger partial charge in [0.2, 0.25) is 5.91 Å². The highest BCUT2D eigenvalue weighted by Crippen LogP contribution is 2.27. The standard InChI is InChI=1S/C23H21NO4/c1-14(17-9-8-16-6-4-5-7-18(16)12-17)11-22(25)24-20-10-15(2)21(28-3)13-19(20)23(26)27/h4-13H,1-3H3,(H,24,25)(H,26,27). The summed E-state index contributed by atoms with van der Waals surface area (Å²) in [6.45, 7) is 3.64. The van der Waals surface area contributed by atoms with E-state index in [2.05, 4.69) is 5.32 Å². The number of carbonyl (C=O) groups is 2. The molecule has 0 fully saturated rings. The molecule has 5 nitrogen and oxygen atoms in total. The molecule has 0 bridgehead atoms. The summed E-state index contributed by atoms with van der Waals surface area (Å²) in [4.78, 5) is 24.0. The molecule has 0 spiro atoms. The molecule has 0 atom stereocenters. The van der Waals surface area contributed by atoms with Gasteiger partial charge in [-0.05, 0) is 59.5 Å². The molecule has 0 saturated carbocycles. The quantitative estimate of drug-likeness (QED) is 0.622. The molecule has 0 aliphatic heterocycles. The molecule has 3 rings (SSSR count). The van der Waals surface area contributed by atoms with Crippen molar-refractivity contribution in [3.05, 3.63) is 77.4 Å². The predicted octanol–water partition coefficient (Wildman–Crippen LogP) is 4.90. The number of anilines is 1. The van der Waals surface area contributed by atoms with Crippen molar-refractivity contribution < 1.29 is 19.4 Å². The second-order valence-corrected chi connectivity index (χ2v) is 6.55. The summed E-state index contributed by atoms with van der Waals surface area (Å²) in [5.41, 5.74) is 2.66. The summed E-state index contributed by atoms with van der Waals surface area (Å²) in [7, 11) is 1.47. The number of carboxylic acids is 1. The lowest BCUT2D eigenvalue weighted by atomic mass is 10.0. The van der Waals surface area contributed by atoms with Gasteiger partial charge >= 0.3 is 5.97 Å². The number of amides is 1. The lowest BCUT2D eigenvalue weighted by molar-refractivity contribution is -0.111. The van der Waals surface area contributed by atoms with Gasteiger partial charge in [-0.2, -0.15) is 0 Å². The molecule has 0 radical (unpaired) electrons. The third-order valence-electron chi connectivity index (χ3n) is 4.58. The monoisotopic (exact) mass is 375 g/mol. The Kier molecular flexibility index (Phi) is 5.45. The maximum atomic E-state index is 12.5. The number of ether oxygens (including phenoxy) is 1. The minimum absolute atomic E-state index is 0.0208. The summed E-state index contributed by atoms with van der Waals surface area (Å²) in [5.74, 6) is -1.07. The Labute approximate surface area is 163 Å². The van der Waals surface area contributed by atoms with Crippen LogP contribution in [0.4, 0.5) is 5.69 Å². The number of benzene rings is 3. The molecule has 0 heterocycles. The average molecular weight is 375 g/mol. The molecular formula is C23H21NO4. The van der Waals surface area contributed by atoms with E-state index in [0.29, 0.717) is 5.75 Å². The van der Waals surface area contributed by atoms with Crippen LogP contribution in [-0.4, -0.2) is 24.1 Å². The SMILES string of the molecule is COc1cc(C(=O)O)c(NC(=O)C=C(C)c2ccc3ccccc3c2)cc1C. The topological polar surface area (TPSA) is 75.6 Å². The van der Waals surface area contributed by atoms with Crippen molar-refractivity contribution in [1.29, 1.82) is 0 Å². The molecule has 1 amide bonds. The number of carbonyl (C=O) groups excluding carboxylic acids is 1. The molecule has 5 heteroatoms. The highest BCUT2D eigenvalue weighted by atomic mass is 16.5. The molecule has 142 valence electrons. The van der Waals surface area contributed by atoms with Crippen LogP contribution in [0.1, 0.15) is 28.4 Å². The third-order valence-corrected chi connectivity index (χ3v) is 4.58. The first kappa shape index (κ1) is 19.2. The lowest BCUT2D eigenvalue weighted by Crippen LogP contribution is -2.13. The summed E-state index contributed by atoms with van der Waals surface area (Å²) in [6, 6.07) is 17.0. The number of rotatable bonds is 5. The number of nitrogens with one attached hydrogen (secondary N) is 1. The number of hydrogen-bond donors (Lipinski definition) is 2. The zero-order chi connectivity index (χ0) is 20.3. The largest absolute Gasteiger partial charge is 0.496 e. The molecular weight excluding hydrogens is 354 g/mol. The van der Waals surface area contributed by atoms with Gasteiger partial charge in [-0.1, -0.05) is 36.4 Å². The van der Waals surface area contributed by atoms with Gasteiger partial charge < -0.3 is 15.2 Å².